The van der Waals surface area contributed by atoms with E-state index >= 15 is 0 Å². The van der Waals surface area contributed by atoms with E-state index in [4.69, 9.17) is 9.47 Å². The summed E-state index contributed by atoms with van der Waals surface area (Å²) in [5.74, 6) is -1.39. The number of rotatable bonds is 5. The largest absolute Gasteiger partial charge is 0.496 e. The van der Waals surface area contributed by atoms with Crippen LogP contribution in [0.5, 0.6) is 11.5 Å². The first-order chi connectivity index (χ1) is 12.3. The molecule has 1 aliphatic rings. The minimum absolute atomic E-state index is 0.250. The minimum Gasteiger partial charge on any atom is -0.496 e. The monoisotopic (exact) mass is 358 g/mol. The van der Waals surface area contributed by atoms with Gasteiger partial charge < -0.3 is 19.7 Å². The lowest BCUT2D eigenvalue weighted by Gasteiger charge is -2.39. The maximum Gasteiger partial charge on any atom is 0.309 e. The van der Waals surface area contributed by atoms with Crippen LogP contribution >= 0.6 is 0 Å². The van der Waals surface area contributed by atoms with Crippen molar-refractivity contribution in [1.29, 1.82) is 0 Å². The van der Waals surface area contributed by atoms with Gasteiger partial charge in [0.05, 0.1) is 26.1 Å². The van der Waals surface area contributed by atoms with E-state index < -0.39 is 23.3 Å². The molecule has 0 bridgehead atoms. The molecule has 6 heteroatoms. The fourth-order valence-corrected chi connectivity index (χ4v) is 4.09. The third kappa shape index (κ3) is 2.66. The van der Waals surface area contributed by atoms with Crippen molar-refractivity contribution in [2.45, 2.75) is 32.1 Å². The van der Waals surface area contributed by atoms with Gasteiger partial charge in [0.1, 0.15) is 11.5 Å². The number of aliphatic carboxylic acids is 2. The van der Waals surface area contributed by atoms with E-state index in [2.05, 4.69) is 0 Å². The maximum atomic E-state index is 12.0. The summed E-state index contributed by atoms with van der Waals surface area (Å²) in [5.41, 5.74) is 0.521. The Morgan fingerprint density at radius 3 is 2.46 bits per heavy atom. The van der Waals surface area contributed by atoms with Crippen LogP contribution in [0.25, 0.3) is 10.8 Å². The van der Waals surface area contributed by atoms with Crippen molar-refractivity contribution in [2.24, 2.45) is 5.41 Å². The van der Waals surface area contributed by atoms with Gasteiger partial charge in [0, 0.05) is 16.7 Å². The van der Waals surface area contributed by atoms with Crippen molar-refractivity contribution in [2.75, 3.05) is 14.2 Å². The van der Waals surface area contributed by atoms with Crippen LogP contribution in [0.4, 0.5) is 0 Å². The molecule has 0 aromatic heterocycles. The van der Waals surface area contributed by atoms with Gasteiger partial charge in [0.15, 0.2) is 0 Å². The van der Waals surface area contributed by atoms with Crippen LogP contribution in [0.2, 0.25) is 0 Å². The first-order valence-corrected chi connectivity index (χ1v) is 8.45. The molecule has 0 fully saturated rings. The highest BCUT2D eigenvalue weighted by atomic mass is 16.5. The molecule has 2 aromatic carbocycles. The minimum atomic E-state index is -1.15. The van der Waals surface area contributed by atoms with E-state index in [9.17, 15) is 19.8 Å². The second kappa shape index (κ2) is 6.52. The van der Waals surface area contributed by atoms with Crippen LogP contribution in [0.3, 0.4) is 0 Å². The van der Waals surface area contributed by atoms with E-state index in [0.29, 0.717) is 24.3 Å². The Bertz CT molecular complexity index is 887. The van der Waals surface area contributed by atoms with E-state index in [-0.39, 0.29) is 6.42 Å². The fraction of sp³-hybridized carbons (Fsp3) is 0.400. The number of carbonyl (C=O) groups is 2. The van der Waals surface area contributed by atoms with E-state index in [1.165, 1.54) is 0 Å². The first-order valence-electron chi connectivity index (χ1n) is 8.45. The molecule has 138 valence electrons. The molecule has 0 radical (unpaired) electrons. The zero-order chi connectivity index (χ0) is 19.1. The normalized spacial score (nSPS) is 21.9. The quantitative estimate of drug-likeness (QED) is 0.850. The van der Waals surface area contributed by atoms with Crippen molar-refractivity contribution < 1.29 is 29.3 Å². The lowest BCUT2D eigenvalue weighted by atomic mass is 9.63. The van der Waals surface area contributed by atoms with Gasteiger partial charge in [-0.3, -0.25) is 9.59 Å². The van der Waals surface area contributed by atoms with Crippen LogP contribution in [-0.2, 0) is 16.0 Å². The number of methoxy groups -OCH3 is 2. The van der Waals surface area contributed by atoms with Crippen molar-refractivity contribution >= 4 is 22.7 Å². The molecule has 2 N–H and O–H groups in total. The summed E-state index contributed by atoms with van der Waals surface area (Å²) < 4.78 is 11.0. The molecule has 0 saturated heterocycles. The van der Waals surface area contributed by atoms with Gasteiger partial charge in [-0.2, -0.15) is 0 Å². The summed E-state index contributed by atoms with van der Waals surface area (Å²) in [4.78, 5) is 23.5. The van der Waals surface area contributed by atoms with Crippen LogP contribution in [-0.4, -0.2) is 36.4 Å². The average Bonchev–Trinajstić information content (AvgIpc) is 2.62. The molecule has 6 nitrogen and oxygen atoms in total. The number of hydrogen-bond donors (Lipinski definition) is 2. The number of hydrogen-bond acceptors (Lipinski definition) is 4. The highest BCUT2D eigenvalue weighted by molar-refractivity contribution is 5.97. The summed E-state index contributed by atoms with van der Waals surface area (Å²) in [7, 11) is 3.13. The molecule has 2 aromatic rings. The van der Waals surface area contributed by atoms with Gasteiger partial charge in [0.2, 0.25) is 0 Å². The highest BCUT2D eigenvalue weighted by Crippen LogP contribution is 2.52. The number of aryl methyl sites for hydroxylation is 1. The van der Waals surface area contributed by atoms with Crippen LogP contribution in [0.1, 0.15) is 36.8 Å². The molecular formula is C20H22O6. The van der Waals surface area contributed by atoms with Crippen molar-refractivity contribution in [3.05, 3.63) is 35.4 Å². The molecule has 1 aliphatic carbocycles. The molecule has 0 spiro atoms. The lowest BCUT2D eigenvalue weighted by molar-refractivity contribution is -0.151. The van der Waals surface area contributed by atoms with E-state index in [0.717, 1.165) is 21.9 Å². The van der Waals surface area contributed by atoms with Gasteiger partial charge >= 0.3 is 11.9 Å². The summed E-state index contributed by atoms with van der Waals surface area (Å²) in [5, 5.41) is 20.9. The predicted molar refractivity (Wildman–Crippen MR) is 96.1 cm³/mol. The van der Waals surface area contributed by atoms with E-state index in [1.807, 2.05) is 18.2 Å². The molecule has 2 atom stereocenters. The van der Waals surface area contributed by atoms with Crippen molar-refractivity contribution in [1.82, 2.24) is 0 Å². The highest BCUT2D eigenvalue weighted by Gasteiger charge is 2.47. The zero-order valence-electron chi connectivity index (χ0n) is 15.0. The fourth-order valence-electron chi connectivity index (χ4n) is 4.09. The Labute approximate surface area is 151 Å². The SMILES string of the molecule is COc1cc2c(c3c(OC)cccc13)CC[C@@](C)(C(=O)O)[C@H]2CC(=O)O. The number of fused-ring (bicyclic) bond motifs is 3. The van der Waals surface area contributed by atoms with E-state index in [1.54, 1.807) is 27.2 Å². The molecule has 0 unspecified atom stereocenters. The zero-order valence-corrected chi connectivity index (χ0v) is 15.0. The Kier molecular flexibility index (Phi) is 4.52. The van der Waals surface area contributed by atoms with Gasteiger partial charge in [-0.1, -0.05) is 12.1 Å². The lowest BCUT2D eigenvalue weighted by Crippen LogP contribution is -2.39. The third-order valence-corrected chi connectivity index (χ3v) is 5.57. The predicted octanol–water partition coefficient (Wildman–Crippen LogP) is 3.45. The molecule has 26 heavy (non-hydrogen) atoms. The van der Waals surface area contributed by atoms with Crippen LogP contribution < -0.4 is 9.47 Å². The molecule has 0 amide bonds. The van der Waals surface area contributed by atoms with Crippen LogP contribution in [0.15, 0.2) is 24.3 Å². The topological polar surface area (TPSA) is 93.1 Å². The Morgan fingerprint density at radius 2 is 1.88 bits per heavy atom. The summed E-state index contributed by atoms with van der Waals surface area (Å²) in [6, 6.07) is 7.44. The molecule has 0 aliphatic heterocycles. The molecule has 0 heterocycles. The second-order valence-corrected chi connectivity index (χ2v) is 6.90. The van der Waals surface area contributed by atoms with Gasteiger partial charge in [-0.25, -0.2) is 0 Å². The van der Waals surface area contributed by atoms with Gasteiger partial charge in [0.25, 0.3) is 0 Å². The second-order valence-electron chi connectivity index (χ2n) is 6.90. The molecule has 3 rings (SSSR count). The van der Waals surface area contributed by atoms with Crippen molar-refractivity contribution in [3.63, 3.8) is 0 Å². The Balaban J connectivity index is 2.36. The Morgan fingerprint density at radius 1 is 1.19 bits per heavy atom. The third-order valence-electron chi connectivity index (χ3n) is 5.57. The summed E-state index contributed by atoms with van der Waals surface area (Å²) in [6.07, 6.45) is 0.654. The number of carboxylic acid groups (broad SMARTS) is 2. The average molecular weight is 358 g/mol. The standard InChI is InChI=1S/C20H22O6/c1-20(19(23)24)8-7-11-13(14(20)10-17(21)22)9-16(26-3)12-5-4-6-15(25-2)18(11)12/h4-6,9,14H,7-8,10H2,1-3H3,(H,21,22)(H,23,24)/t14-,20+/m0/s1. The van der Waals surface area contributed by atoms with Crippen molar-refractivity contribution in [3.8, 4) is 11.5 Å². The number of carboxylic acids is 2. The first kappa shape index (κ1) is 18.0. The number of benzene rings is 2. The molecule has 0 saturated carbocycles. The Hall–Kier alpha value is -2.76. The van der Waals surface area contributed by atoms with Crippen LogP contribution in [0, 0.1) is 5.41 Å². The summed E-state index contributed by atoms with van der Waals surface area (Å²) >= 11 is 0. The van der Waals surface area contributed by atoms with Gasteiger partial charge in [-0.15, -0.1) is 0 Å². The summed E-state index contributed by atoms with van der Waals surface area (Å²) in [6.45, 7) is 1.63. The van der Waals surface area contributed by atoms with Gasteiger partial charge in [-0.05, 0) is 43.0 Å². The maximum absolute atomic E-state index is 12.0. The molecular weight excluding hydrogens is 336 g/mol. The smallest absolute Gasteiger partial charge is 0.309 e. The number of ether oxygens (including phenoxy) is 2.